The molecule has 0 aliphatic carbocycles. The molecule has 2 heterocycles. The third-order valence-corrected chi connectivity index (χ3v) is 4.20. The van der Waals surface area contributed by atoms with Crippen LogP contribution in [0.2, 0.25) is 5.28 Å². The lowest BCUT2D eigenvalue weighted by molar-refractivity contribution is 0.414. The zero-order valence-electron chi connectivity index (χ0n) is 11.7. The minimum absolute atomic E-state index is 0.262. The van der Waals surface area contributed by atoms with Crippen molar-refractivity contribution in [1.82, 2.24) is 9.97 Å². The van der Waals surface area contributed by atoms with E-state index in [1.807, 2.05) is 31.2 Å². The first kappa shape index (κ1) is 14.1. The number of anilines is 1. The number of ether oxygens (including phenoxy) is 1. The highest BCUT2D eigenvalue weighted by molar-refractivity contribution is 7.18. The number of aryl methyl sites for hydroxylation is 1. The van der Waals surface area contributed by atoms with Crippen molar-refractivity contribution in [1.29, 1.82) is 0 Å². The first-order valence-corrected chi connectivity index (χ1v) is 7.65. The molecule has 6 heteroatoms. The molecule has 0 bridgehead atoms. The van der Waals surface area contributed by atoms with Gasteiger partial charge >= 0.3 is 0 Å². The number of hydrogen-bond acceptors (Lipinski definition) is 5. The average Bonchev–Trinajstić information content (AvgIpc) is 2.85. The first-order chi connectivity index (χ1) is 10.2. The van der Waals surface area contributed by atoms with E-state index in [9.17, 15) is 0 Å². The van der Waals surface area contributed by atoms with Crippen LogP contribution in [0.25, 0.3) is 10.2 Å². The van der Waals surface area contributed by atoms with Crippen molar-refractivity contribution in [2.75, 3.05) is 12.4 Å². The van der Waals surface area contributed by atoms with Crippen LogP contribution in [0.3, 0.4) is 0 Å². The molecule has 0 saturated heterocycles. The summed E-state index contributed by atoms with van der Waals surface area (Å²) in [6, 6.07) is 9.99. The zero-order valence-corrected chi connectivity index (χ0v) is 13.3. The van der Waals surface area contributed by atoms with Crippen molar-refractivity contribution in [3.05, 3.63) is 46.1 Å². The van der Waals surface area contributed by atoms with E-state index < -0.39 is 0 Å². The highest BCUT2D eigenvalue weighted by Gasteiger charge is 2.09. The average molecular weight is 320 g/mol. The molecule has 21 heavy (non-hydrogen) atoms. The molecule has 1 N–H and O–H groups in total. The Balaban J connectivity index is 1.87. The molecule has 2 aromatic heterocycles. The SMILES string of the molecule is COc1cccc(CNc2nc(Cl)nc3sc(C)cc23)c1. The van der Waals surface area contributed by atoms with Crippen LogP contribution < -0.4 is 10.1 Å². The maximum absolute atomic E-state index is 5.99. The smallest absolute Gasteiger partial charge is 0.225 e. The topological polar surface area (TPSA) is 47.0 Å². The summed E-state index contributed by atoms with van der Waals surface area (Å²) in [5, 5.41) is 4.59. The third-order valence-electron chi connectivity index (χ3n) is 3.08. The summed E-state index contributed by atoms with van der Waals surface area (Å²) < 4.78 is 5.23. The second-order valence-electron chi connectivity index (χ2n) is 4.62. The number of methoxy groups -OCH3 is 1. The van der Waals surface area contributed by atoms with Crippen molar-refractivity contribution in [2.24, 2.45) is 0 Å². The van der Waals surface area contributed by atoms with Crippen LogP contribution >= 0.6 is 22.9 Å². The number of aromatic nitrogens is 2. The lowest BCUT2D eigenvalue weighted by Crippen LogP contribution is -2.02. The van der Waals surface area contributed by atoms with Crippen LogP contribution in [-0.2, 0) is 6.54 Å². The van der Waals surface area contributed by atoms with E-state index >= 15 is 0 Å². The van der Waals surface area contributed by atoms with Gasteiger partial charge in [0.2, 0.25) is 5.28 Å². The largest absolute Gasteiger partial charge is 0.497 e. The standard InChI is InChI=1S/C15H14ClN3OS/c1-9-6-12-13(18-15(16)19-14(12)21-9)17-8-10-4-3-5-11(7-10)20-2/h3-7H,8H2,1-2H3,(H,17,18,19). The van der Waals surface area contributed by atoms with Gasteiger partial charge in [-0.25, -0.2) is 9.97 Å². The van der Waals surface area contributed by atoms with E-state index in [2.05, 4.69) is 21.4 Å². The van der Waals surface area contributed by atoms with Crippen LogP contribution in [0.5, 0.6) is 5.75 Å². The van der Waals surface area contributed by atoms with E-state index in [1.165, 1.54) is 4.88 Å². The number of nitrogens with zero attached hydrogens (tertiary/aromatic N) is 2. The minimum atomic E-state index is 0.262. The number of benzene rings is 1. The molecule has 0 saturated carbocycles. The Kier molecular flexibility index (Phi) is 3.94. The van der Waals surface area contributed by atoms with E-state index in [1.54, 1.807) is 18.4 Å². The van der Waals surface area contributed by atoms with Crippen LogP contribution in [0.1, 0.15) is 10.4 Å². The lowest BCUT2D eigenvalue weighted by atomic mass is 10.2. The third kappa shape index (κ3) is 3.09. The predicted molar refractivity (Wildman–Crippen MR) is 87.5 cm³/mol. The molecule has 0 atom stereocenters. The molecule has 0 unspecified atom stereocenters. The molecule has 0 spiro atoms. The normalized spacial score (nSPS) is 10.8. The Hall–Kier alpha value is -1.85. The molecule has 3 rings (SSSR count). The molecule has 3 aromatic rings. The molecule has 0 aliphatic rings. The first-order valence-electron chi connectivity index (χ1n) is 6.46. The van der Waals surface area contributed by atoms with Crippen molar-refractivity contribution in [3.63, 3.8) is 0 Å². The zero-order chi connectivity index (χ0) is 14.8. The van der Waals surface area contributed by atoms with Crippen LogP contribution in [0.4, 0.5) is 5.82 Å². The summed E-state index contributed by atoms with van der Waals surface area (Å²) in [5.41, 5.74) is 1.11. The highest BCUT2D eigenvalue weighted by Crippen LogP contribution is 2.29. The minimum Gasteiger partial charge on any atom is -0.497 e. The van der Waals surface area contributed by atoms with Crippen molar-refractivity contribution in [2.45, 2.75) is 13.5 Å². The summed E-state index contributed by atoms with van der Waals surface area (Å²) in [6.45, 7) is 2.70. The molecular formula is C15H14ClN3OS. The van der Waals surface area contributed by atoms with E-state index in [4.69, 9.17) is 16.3 Å². The van der Waals surface area contributed by atoms with Gasteiger partial charge in [-0.05, 0) is 42.3 Å². The van der Waals surface area contributed by atoms with E-state index in [0.29, 0.717) is 6.54 Å². The van der Waals surface area contributed by atoms with Gasteiger partial charge in [-0.15, -0.1) is 11.3 Å². The summed E-state index contributed by atoms with van der Waals surface area (Å²) in [6.07, 6.45) is 0. The van der Waals surface area contributed by atoms with Crippen LogP contribution in [0, 0.1) is 6.92 Å². The number of thiophene rings is 1. The van der Waals surface area contributed by atoms with Gasteiger partial charge in [0.05, 0.1) is 12.5 Å². The molecule has 1 aromatic carbocycles. The number of rotatable bonds is 4. The number of fused-ring (bicyclic) bond motifs is 1. The fourth-order valence-corrected chi connectivity index (χ4v) is 3.22. The Bertz CT molecular complexity index is 788. The molecule has 0 aliphatic heterocycles. The van der Waals surface area contributed by atoms with Gasteiger partial charge in [-0.3, -0.25) is 0 Å². The Morgan fingerprint density at radius 1 is 1.29 bits per heavy atom. The molecule has 0 amide bonds. The quantitative estimate of drug-likeness (QED) is 0.729. The van der Waals surface area contributed by atoms with Gasteiger partial charge in [0, 0.05) is 11.4 Å². The van der Waals surface area contributed by atoms with Gasteiger partial charge in [0.1, 0.15) is 16.4 Å². The molecule has 0 fully saturated rings. The summed E-state index contributed by atoms with van der Waals surface area (Å²) >= 11 is 7.60. The number of halogens is 1. The van der Waals surface area contributed by atoms with Crippen LogP contribution in [-0.4, -0.2) is 17.1 Å². The van der Waals surface area contributed by atoms with Gasteiger partial charge in [-0.1, -0.05) is 12.1 Å². The van der Waals surface area contributed by atoms with Gasteiger partial charge in [-0.2, -0.15) is 0 Å². The lowest BCUT2D eigenvalue weighted by Gasteiger charge is -2.08. The van der Waals surface area contributed by atoms with Gasteiger partial charge < -0.3 is 10.1 Å². The monoisotopic (exact) mass is 319 g/mol. The van der Waals surface area contributed by atoms with Gasteiger partial charge in [0.25, 0.3) is 0 Å². The maximum atomic E-state index is 5.99. The second kappa shape index (κ2) is 5.87. The Labute approximate surface area is 131 Å². The molecule has 4 nitrogen and oxygen atoms in total. The number of hydrogen-bond donors (Lipinski definition) is 1. The Morgan fingerprint density at radius 2 is 2.14 bits per heavy atom. The van der Waals surface area contributed by atoms with Crippen molar-refractivity contribution >= 4 is 39.0 Å². The van der Waals surface area contributed by atoms with Crippen molar-refractivity contribution < 1.29 is 4.74 Å². The maximum Gasteiger partial charge on any atom is 0.225 e. The predicted octanol–water partition coefficient (Wildman–Crippen LogP) is 4.27. The van der Waals surface area contributed by atoms with E-state index in [0.717, 1.165) is 27.3 Å². The summed E-state index contributed by atoms with van der Waals surface area (Å²) in [5.74, 6) is 1.60. The van der Waals surface area contributed by atoms with Crippen LogP contribution in [0.15, 0.2) is 30.3 Å². The summed E-state index contributed by atoms with van der Waals surface area (Å²) in [7, 11) is 1.66. The van der Waals surface area contributed by atoms with E-state index in [-0.39, 0.29) is 5.28 Å². The molecular weight excluding hydrogens is 306 g/mol. The highest BCUT2D eigenvalue weighted by atomic mass is 35.5. The fraction of sp³-hybridized carbons (Fsp3) is 0.200. The second-order valence-corrected chi connectivity index (χ2v) is 6.20. The fourth-order valence-electron chi connectivity index (χ4n) is 2.12. The number of nitrogens with one attached hydrogen (secondary N) is 1. The molecule has 108 valence electrons. The summed E-state index contributed by atoms with van der Waals surface area (Å²) in [4.78, 5) is 10.6. The van der Waals surface area contributed by atoms with Gasteiger partial charge in [0.15, 0.2) is 0 Å². The Morgan fingerprint density at radius 3 is 2.95 bits per heavy atom. The molecule has 0 radical (unpaired) electrons. The van der Waals surface area contributed by atoms with Crippen molar-refractivity contribution in [3.8, 4) is 5.75 Å².